The topological polar surface area (TPSA) is 41.1 Å². The maximum atomic E-state index is 4.66. The average molecular weight is 290 g/mol. The highest BCUT2D eigenvalue weighted by atomic mass is 15.2. The summed E-state index contributed by atoms with van der Waals surface area (Å²) in [5.74, 6) is 2.22. The van der Waals surface area contributed by atoms with E-state index in [-0.39, 0.29) is 0 Å². The van der Waals surface area contributed by atoms with Crippen LogP contribution in [0.5, 0.6) is 0 Å². The summed E-state index contributed by atoms with van der Waals surface area (Å²) in [5, 5.41) is 3.48. The zero-order valence-electron chi connectivity index (χ0n) is 13.9. The smallest absolute Gasteiger partial charge is 0.137 e. The standard InChI is InChI=1S/C17H30N4/c1-4-9-15-16(18-11-5-2)19-13-20-17(15)21-12-8-7-10-14(21)6-3/h13-14H,4-12H2,1-3H3,(H,18,19,20). The highest BCUT2D eigenvalue weighted by molar-refractivity contribution is 5.59. The Kier molecular flexibility index (Phi) is 6.27. The monoisotopic (exact) mass is 290 g/mol. The van der Waals surface area contributed by atoms with E-state index in [4.69, 9.17) is 0 Å². The Morgan fingerprint density at radius 1 is 1.19 bits per heavy atom. The number of hydrogen-bond acceptors (Lipinski definition) is 4. The zero-order valence-corrected chi connectivity index (χ0v) is 13.9. The molecule has 21 heavy (non-hydrogen) atoms. The van der Waals surface area contributed by atoms with Crippen molar-refractivity contribution in [3.05, 3.63) is 11.9 Å². The SMILES string of the molecule is CCCNc1ncnc(N2CCCCC2CC)c1CCC. The lowest BCUT2D eigenvalue weighted by molar-refractivity contribution is 0.445. The van der Waals surface area contributed by atoms with Crippen LogP contribution in [0.15, 0.2) is 6.33 Å². The molecule has 1 fully saturated rings. The van der Waals surface area contributed by atoms with E-state index in [2.05, 4.69) is 41.0 Å². The molecule has 0 aromatic carbocycles. The molecule has 4 nitrogen and oxygen atoms in total. The summed E-state index contributed by atoms with van der Waals surface area (Å²) < 4.78 is 0. The van der Waals surface area contributed by atoms with Gasteiger partial charge in [0.2, 0.25) is 0 Å². The Balaban J connectivity index is 2.31. The molecule has 1 atom stereocenters. The minimum Gasteiger partial charge on any atom is -0.370 e. The van der Waals surface area contributed by atoms with Crippen molar-refractivity contribution in [1.29, 1.82) is 0 Å². The lowest BCUT2D eigenvalue weighted by Gasteiger charge is -2.37. The molecule has 1 aliphatic rings. The summed E-state index contributed by atoms with van der Waals surface area (Å²) in [5.41, 5.74) is 1.31. The van der Waals surface area contributed by atoms with Gasteiger partial charge in [-0.1, -0.05) is 27.2 Å². The van der Waals surface area contributed by atoms with E-state index < -0.39 is 0 Å². The fourth-order valence-electron chi connectivity index (χ4n) is 3.23. The Labute approximate surface area is 129 Å². The average Bonchev–Trinajstić information content (AvgIpc) is 2.54. The van der Waals surface area contributed by atoms with E-state index in [0.29, 0.717) is 6.04 Å². The second kappa shape index (κ2) is 8.20. The van der Waals surface area contributed by atoms with Gasteiger partial charge in [0, 0.05) is 24.7 Å². The number of rotatable bonds is 7. The minimum atomic E-state index is 0.642. The molecule has 1 saturated heterocycles. The molecular weight excluding hydrogens is 260 g/mol. The fourth-order valence-corrected chi connectivity index (χ4v) is 3.23. The number of nitrogens with one attached hydrogen (secondary N) is 1. The van der Waals surface area contributed by atoms with Gasteiger partial charge in [0.25, 0.3) is 0 Å². The van der Waals surface area contributed by atoms with Crippen molar-refractivity contribution < 1.29 is 0 Å². The van der Waals surface area contributed by atoms with Crippen LogP contribution in [0.4, 0.5) is 11.6 Å². The summed E-state index contributed by atoms with van der Waals surface area (Å²) in [4.78, 5) is 11.7. The van der Waals surface area contributed by atoms with Crippen LogP contribution in [-0.4, -0.2) is 29.1 Å². The van der Waals surface area contributed by atoms with Gasteiger partial charge >= 0.3 is 0 Å². The van der Waals surface area contributed by atoms with Crippen LogP contribution in [0, 0.1) is 0 Å². The van der Waals surface area contributed by atoms with Gasteiger partial charge in [-0.15, -0.1) is 0 Å². The Bertz CT molecular complexity index is 433. The van der Waals surface area contributed by atoms with E-state index in [1.807, 2.05) is 0 Å². The third-order valence-electron chi connectivity index (χ3n) is 4.34. The first-order valence-electron chi connectivity index (χ1n) is 8.66. The lowest BCUT2D eigenvalue weighted by atomic mass is 9.99. The molecule has 0 bridgehead atoms. The van der Waals surface area contributed by atoms with Crippen molar-refractivity contribution in [3.63, 3.8) is 0 Å². The largest absolute Gasteiger partial charge is 0.370 e. The second-order valence-corrected chi connectivity index (χ2v) is 5.95. The van der Waals surface area contributed by atoms with Crippen LogP contribution < -0.4 is 10.2 Å². The molecule has 0 saturated carbocycles. The zero-order chi connectivity index (χ0) is 15.1. The Morgan fingerprint density at radius 2 is 2.05 bits per heavy atom. The predicted molar refractivity (Wildman–Crippen MR) is 90.1 cm³/mol. The predicted octanol–water partition coefficient (Wildman–Crippen LogP) is 4.02. The Morgan fingerprint density at radius 3 is 2.76 bits per heavy atom. The van der Waals surface area contributed by atoms with Crippen LogP contribution in [-0.2, 0) is 6.42 Å². The molecule has 0 amide bonds. The van der Waals surface area contributed by atoms with E-state index in [0.717, 1.165) is 38.2 Å². The molecule has 2 rings (SSSR count). The molecule has 1 aromatic rings. The molecule has 0 aliphatic carbocycles. The van der Waals surface area contributed by atoms with E-state index in [1.165, 1.54) is 37.1 Å². The third kappa shape index (κ3) is 3.86. The van der Waals surface area contributed by atoms with Crippen molar-refractivity contribution in [2.75, 3.05) is 23.3 Å². The van der Waals surface area contributed by atoms with E-state index in [9.17, 15) is 0 Å². The molecule has 0 spiro atoms. The van der Waals surface area contributed by atoms with Gasteiger partial charge in [-0.25, -0.2) is 9.97 Å². The van der Waals surface area contributed by atoms with Crippen LogP contribution >= 0.6 is 0 Å². The molecule has 1 aromatic heterocycles. The van der Waals surface area contributed by atoms with Crippen LogP contribution in [0.25, 0.3) is 0 Å². The van der Waals surface area contributed by atoms with Gasteiger partial charge < -0.3 is 10.2 Å². The van der Waals surface area contributed by atoms with Gasteiger partial charge in [-0.3, -0.25) is 0 Å². The summed E-state index contributed by atoms with van der Waals surface area (Å²) >= 11 is 0. The summed E-state index contributed by atoms with van der Waals surface area (Å²) in [7, 11) is 0. The Hall–Kier alpha value is -1.32. The maximum Gasteiger partial charge on any atom is 0.137 e. The van der Waals surface area contributed by atoms with Gasteiger partial charge in [0.05, 0.1) is 0 Å². The maximum absolute atomic E-state index is 4.66. The van der Waals surface area contributed by atoms with Crippen LogP contribution in [0.3, 0.4) is 0 Å². The molecule has 1 N–H and O–H groups in total. The van der Waals surface area contributed by atoms with Crippen LogP contribution in [0.2, 0.25) is 0 Å². The normalized spacial score (nSPS) is 18.8. The first kappa shape index (κ1) is 16.1. The lowest BCUT2D eigenvalue weighted by Crippen LogP contribution is -2.40. The van der Waals surface area contributed by atoms with Gasteiger partial charge in [-0.2, -0.15) is 0 Å². The molecule has 118 valence electrons. The van der Waals surface area contributed by atoms with Crippen molar-refractivity contribution in [2.24, 2.45) is 0 Å². The van der Waals surface area contributed by atoms with Crippen molar-refractivity contribution in [1.82, 2.24) is 9.97 Å². The summed E-state index contributed by atoms with van der Waals surface area (Å²) in [6.07, 6.45) is 10.2. The number of aromatic nitrogens is 2. The number of piperidine rings is 1. The molecular formula is C17H30N4. The molecule has 2 heterocycles. The number of hydrogen-bond donors (Lipinski definition) is 1. The van der Waals surface area contributed by atoms with Gasteiger partial charge in [-0.05, 0) is 38.5 Å². The highest BCUT2D eigenvalue weighted by Gasteiger charge is 2.25. The minimum absolute atomic E-state index is 0.642. The molecule has 0 radical (unpaired) electrons. The molecule has 1 unspecified atom stereocenters. The van der Waals surface area contributed by atoms with E-state index >= 15 is 0 Å². The number of nitrogens with zero attached hydrogens (tertiary/aromatic N) is 3. The van der Waals surface area contributed by atoms with Crippen LogP contribution in [0.1, 0.15) is 64.9 Å². The quantitative estimate of drug-likeness (QED) is 0.823. The second-order valence-electron chi connectivity index (χ2n) is 5.95. The van der Waals surface area contributed by atoms with Crippen molar-refractivity contribution >= 4 is 11.6 Å². The van der Waals surface area contributed by atoms with Crippen molar-refractivity contribution in [2.45, 2.75) is 71.8 Å². The summed E-state index contributed by atoms with van der Waals surface area (Å²) in [6.45, 7) is 8.82. The first-order chi connectivity index (χ1) is 10.3. The molecule has 4 heteroatoms. The number of anilines is 2. The van der Waals surface area contributed by atoms with Crippen molar-refractivity contribution in [3.8, 4) is 0 Å². The van der Waals surface area contributed by atoms with E-state index in [1.54, 1.807) is 6.33 Å². The van der Waals surface area contributed by atoms with Gasteiger partial charge in [0.15, 0.2) is 0 Å². The van der Waals surface area contributed by atoms with Gasteiger partial charge in [0.1, 0.15) is 18.0 Å². The fraction of sp³-hybridized carbons (Fsp3) is 0.765. The first-order valence-corrected chi connectivity index (χ1v) is 8.66. The molecule has 1 aliphatic heterocycles. The third-order valence-corrected chi connectivity index (χ3v) is 4.34. The highest BCUT2D eigenvalue weighted by Crippen LogP contribution is 2.31. The summed E-state index contributed by atoms with van der Waals surface area (Å²) in [6, 6.07) is 0.642.